The molecule has 0 heterocycles. The summed E-state index contributed by atoms with van der Waals surface area (Å²) in [6.45, 7) is 1.97. The Morgan fingerprint density at radius 1 is 1.58 bits per heavy atom. The number of carbonyl (C=O) groups excluding carboxylic acids is 1. The first-order chi connectivity index (χ1) is 8.99. The number of esters is 1. The second-order valence-corrected chi connectivity index (χ2v) is 3.92. The number of aliphatic hydroxyl groups excluding tert-OH is 1. The number of nitrogens with one attached hydrogen (secondary N) is 1. The SMILES string of the molecule is CC[C@H](O)CNc1cc(C(=O)OC)ccc1[N+](=O)[O-]. The highest BCUT2D eigenvalue weighted by atomic mass is 16.6. The Kier molecular flexibility index (Phi) is 5.25. The van der Waals surface area contributed by atoms with Gasteiger partial charge in [0, 0.05) is 12.6 Å². The Bertz CT molecular complexity index is 475. The van der Waals surface area contributed by atoms with Gasteiger partial charge in [-0.05, 0) is 18.6 Å². The van der Waals surface area contributed by atoms with Crippen LogP contribution in [-0.2, 0) is 4.74 Å². The van der Waals surface area contributed by atoms with Crippen LogP contribution in [0.3, 0.4) is 0 Å². The first-order valence-electron chi connectivity index (χ1n) is 5.78. The summed E-state index contributed by atoms with van der Waals surface area (Å²) in [5.74, 6) is -0.575. The molecule has 1 atom stereocenters. The van der Waals surface area contributed by atoms with Gasteiger partial charge in [-0.15, -0.1) is 0 Å². The van der Waals surface area contributed by atoms with Gasteiger partial charge in [-0.25, -0.2) is 4.79 Å². The molecule has 0 radical (unpaired) electrons. The van der Waals surface area contributed by atoms with Gasteiger partial charge in [0.2, 0.25) is 0 Å². The highest BCUT2D eigenvalue weighted by Crippen LogP contribution is 2.25. The predicted octanol–water partition coefficient (Wildman–Crippen LogP) is 1.56. The lowest BCUT2D eigenvalue weighted by Gasteiger charge is -2.11. The number of methoxy groups -OCH3 is 1. The highest BCUT2D eigenvalue weighted by Gasteiger charge is 2.17. The number of ether oxygens (including phenoxy) is 1. The molecule has 1 aromatic rings. The molecule has 0 unspecified atom stereocenters. The van der Waals surface area contributed by atoms with E-state index in [2.05, 4.69) is 10.1 Å². The van der Waals surface area contributed by atoms with Crippen LogP contribution in [0.1, 0.15) is 23.7 Å². The van der Waals surface area contributed by atoms with Crippen molar-refractivity contribution in [1.29, 1.82) is 0 Å². The lowest BCUT2D eigenvalue weighted by Crippen LogP contribution is -2.19. The van der Waals surface area contributed by atoms with Gasteiger partial charge in [-0.1, -0.05) is 6.92 Å². The van der Waals surface area contributed by atoms with E-state index in [1.54, 1.807) is 6.92 Å². The summed E-state index contributed by atoms with van der Waals surface area (Å²) >= 11 is 0. The molecule has 19 heavy (non-hydrogen) atoms. The Morgan fingerprint density at radius 3 is 2.79 bits per heavy atom. The van der Waals surface area contributed by atoms with Crippen LogP contribution in [0.2, 0.25) is 0 Å². The van der Waals surface area contributed by atoms with Crippen molar-refractivity contribution < 1.29 is 19.6 Å². The number of nitro benzene ring substituents is 1. The van der Waals surface area contributed by atoms with Crippen molar-refractivity contribution in [3.63, 3.8) is 0 Å². The Labute approximate surface area is 110 Å². The van der Waals surface area contributed by atoms with E-state index < -0.39 is 17.0 Å². The molecule has 104 valence electrons. The third kappa shape index (κ3) is 3.92. The molecule has 0 saturated heterocycles. The summed E-state index contributed by atoms with van der Waals surface area (Å²) in [6.07, 6.45) is -0.0845. The maximum atomic E-state index is 11.4. The molecule has 7 heteroatoms. The van der Waals surface area contributed by atoms with Crippen molar-refractivity contribution in [2.45, 2.75) is 19.4 Å². The van der Waals surface area contributed by atoms with E-state index in [9.17, 15) is 20.0 Å². The van der Waals surface area contributed by atoms with Gasteiger partial charge < -0.3 is 15.2 Å². The molecule has 1 rings (SSSR count). The minimum absolute atomic E-state index is 0.157. The van der Waals surface area contributed by atoms with Crippen LogP contribution >= 0.6 is 0 Å². The van der Waals surface area contributed by atoms with Crippen LogP contribution in [0, 0.1) is 10.1 Å². The normalized spacial score (nSPS) is 11.7. The van der Waals surface area contributed by atoms with Crippen LogP contribution in [0.15, 0.2) is 18.2 Å². The van der Waals surface area contributed by atoms with Gasteiger partial charge in [-0.3, -0.25) is 10.1 Å². The van der Waals surface area contributed by atoms with Crippen LogP contribution in [0.5, 0.6) is 0 Å². The maximum absolute atomic E-state index is 11.4. The second-order valence-electron chi connectivity index (χ2n) is 3.92. The van der Waals surface area contributed by atoms with Crippen molar-refractivity contribution in [2.75, 3.05) is 19.0 Å². The van der Waals surface area contributed by atoms with Crippen molar-refractivity contribution in [3.05, 3.63) is 33.9 Å². The van der Waals surface area contributed by atoms with Crippen molar-refractivity contribution in [3.8, 4) is 0 Å². The molecule has 0 aromatic heterocycles. The lowest BCUT2D eigenvalue weighted by atomic mass is 10.1. The van der Waals surface area contributed by atoms with Crippen molar-refractivity contribution in [1.82, 2.24) is 0 Å². The molecule has 0 bridgehead atoms. The standard InChI is InChI=1S/C12H16N2O5/c1-3-9(15)7-13-10-6-8(12(16)19-2)4-5-11(10)14(17)18/h4-6,9,13,15H,3,7H2,1-2H3/t9-/m0/s1. The van der Waals surface area contributed by atoms with Gasteiger partial charge in [0.05, 0.1) is 23.7 Å². The summed E-state index contributed by atoms with van der Waals surface area (Å²) in [4.78, 5) is 21.7. The smallest absolute Gasteiger partial charge is 0.337 e. The zero-order valence-electron chi connectivity index (χ0n) is 10.8. The molecule has 0 saturated carbocycles. The minimum atomic E-state index is -0.610. The fourth-order valence-corrected chi connectivity index (χ4v) is 1.45. The average molecular weight is 268 g/mol. The van der Waals surface area contributed by atoms with E-state index in [1.807, 2.05) is 0 Å². The first-order valence-corrected chi connectivity index (χ1v) is 5.78. The molecule has 0 spiro atoms. The summed E-state index contributed by atoms with van der Waals surface area (Å²) in [7, 11) is 1.23. The molecule has 0 aliphatic rings. The maximum Gasteiger partial charge on any atom is 0.337 e. The molecule has 2 N–H and O–H groups in total. The van der Waals surface area contributed by atoms with E-state index in [0.717, 1.165) is 0 Å². The predicted molar refractivity (Wildman–Crippen MR) is 69.2 cm³/mol. The summed E-state index contributed by atoms with van der Waals surface area (Å²) in [5.41, 5.74) is 0.234. The quantitative estimate of drug-likeness (QED) is 0.461. The van der Waals surface area contributed by atoms with E-state index >= 15 is 0 Å². The molecule has 0 aliphatic heterocycles. The number of aliphatic hydroxyl groups is 1. The number of carbonyl (C=O) groups is 1. The van der Waals surface area contributed by atoms with Crippen LogP contribution in [0.4, 0.5) is 11.4 Å². The number of hydrogen-bond donors (Lipinski definition) is 2. The zero-order valence-corrected chi connectivity index (χ0v) is 10.8. The first kappa shape index (κ1) is 14.9. The topological polar surface area (TPSA) is 102 Å². The van der Waals surface area contributed by atoms with E-state index in [4.69, 9.17) is 0 Å². The van der Waals surface area contributed by atoms with Gasteiger partial charge in [0.1, 0.15) is 5.69 Å². The summed E-state index contributed by atoms with van der Waals surface area (Å²) < 4.78 is 4.55. The number of anilines is 1. The zero-order chi connectivity index (χ0) is 14.4. The molecule has 7 nitrogen and oxygen atoms in total. The average Bonchev–Trinajstić information content (AvgIpc) is 2.43. The molecular weight excluding hydrogens is 252 g/mol. The molecular formula is C12H16N2O5. The number of nitrogens with zero attached hydrogens (tertiary/aromatic N) is 1. The Hall–Kier alpha value is -2.15. The lowest BCUT2D eigenvalue weighted by molar-refractivity contribution is -0.384. The van der Waals surface area contributed by atoms with Crippen LogP contribution < -0.4 is 5.32 Å². The Morgan fingerprint density at radius 2 is 2.26 bits per heavy atom. The van der Waals surface area contributed by atoms with Crippen LogP contribution in [-0.4, -0.2) is 35.8 Å². The molecule has 0 amide bonds. The van der Waals surface area contributed by atoms with E-state index in [-0.39, 0.29) is 23.5 Å². The number of rotatable bonds is 6. The monoisotopic (exact) mass is 268 g/mol. The van der Waals surface area contributed by atoms with Crippen molar-refractivity contribution >= 4 is 17.3 Å². The fourth-order valence-electron chi connectivity index (χ4n) is 1.45. The minimum Gasteiger partial charge on any atom is -0.465 e. The van der Waals surface area contributed by atoms with Gasteiger partial charge in [-0.2, -0.15) is 0 Å². The fraction of sp³-hybridized carbons (Fsp3) is 0.417. The van der Waals surface area contributed by atoms with Gasteiger partial charge in [0.15, 0.2) is 0 Å². The van der Waals surface area contributed by atoms with E-state index in [1.165, 1.54) is 25.3 Å². The molecule has 1 aromatic carbocycles. The number of hydrogen-bond acceptors (Lipinski definition) is 6. The van der Waals surface area contributed by atoms with Gasteiger partial charge in [0.25, 0.3) is 5.69 Å². The van der Waals surface area contributed by atoms with E-state index in [0.29, 0.717) is 6.42 Å². The largest absolute Gasteiger partial charge is 0.465 e. The number of nitro groups is 1. The third-order valence-corrected chi connectivity index (χ3v) is 2.61. The molecule has 0 aliphatic carbocycles. The number of benzene rings is 1. The Balaban J connectivity index is 3.01. The summed E-state index contributed by atoms with van der Waals surface area (Å²) in [6, 6.07) is 3.89. The van der Waals surface area contributed by atoms with Gasteiger partial charge >= 0.3 is 5.97 Å². The van der Waals surface area contributed by atoms with Crippen molar-refractivity contribution in [2.24, 2.45) is 0 Å². The van der Waals surface area contributed by atoms with Crippen LogP contribution in [0.25, 0.3) is 0 Å². The highest BCUT2D eigenvalue weighted by molar-refractivity contribution is 5.91. The molecule has 0 fully saturated rings. The summed E-state index contributed by atoms with van der Waals surface area (Å²) in [5, 5.41) is 23.1. The third-order valence-electron chi connectivity index (χ3n) is 2.61. The second kappa shape index (κ2) is 6.69.